The van der Waals surface area contributed by atoms with Crippen molar-refractivity contribution in [1.29, 1.82) is 0 Å². The van der Waals surface area contributed by atoms with Crippen molar-refractivity contribution in [2.45, 2.75) is 25.7 Å². The molecule has 0 aliphatic heterocycles. The largest absolute Gasteiger partial charge is 0.326 e. The van der Waals surface area contributed by atoms with Gasteiger partial charge >= 0.3 is 0 Å². The van der Waals surface area contributed by atoms with Crippen LogP contribution in [0.5, 0.6) is 0 Å². The van der Waals surface area contributed by atoms with Gasteiger partial charge in [0.1, 0.15) is 0 Å². The number of nitrogens with one attached hydrogen (secondary N) is 2. The molecule has 9 nitrogen and oxygen atoms in total. The van der Waals surface area contributed by atoms with E-state index in [9.17, 15) is 18.0 Å². The van der Waals surface area contributed by atoms with Crippen LogP contribution in [0, 0.1) is 13.8 Å². The predicted molar refractivity (Wildman–Crippen MR) is 142 cm³/mol. The van der Waals surface area contributed by atoms with E-state index in [0.717, 1.165) is 26.9 Å². The van der Waals surface area contributed by atoms with E-state index >= 15 is 0 Å². The highest BCUT2D eigenvalue weighted by atomic mass is 35.5. The molecule has 0 saturated heterocycles. The summed E-state index contributed by atoms with van der Waals surface area (Å²) in [7, 11) is -2.63. The summed E-state index contributed by atoms with van der Waals surface area (Å²) >= 11 is 12.5. The van der Waals surface area contributed by atoms with Crippen LogP contribution >= 0.6 is 23.2 Å². The van der Waals surface area contributed by atoms with Gasteiger partial charge in [-0.15, -0.1) is 0 Å². The Kier molecular flexibility index (Phi) is 8.57. The highest BCUT2D eigenvalue weighted by Crippen LogP contribution is 2.28. The Morgan fingerprint density at radius 1 is 1.08 bits per heavy atom. The number of benzene rings is 2. The van der Waals surface area contributed by atoms with Gasteiger partial charge in [0.15, 0.2) is 0 Å². The van der Waals surface area contributed by atoms with E-state index in [1.165, 1.54) is 44.5 Å². The first-order chi connectivity index (χ1) is 16.9. The summed E-state index contributed by atoms with van der Waals surface area (Å²) in [6.07, 6.45) is 1.48. The average Bonchev–Trinajstić information content (AvgIpc) is 3.08. The molecule has 0 atom stereocenters. The number of sulfonamides is 1. The first-order valence-electron chi connectivity index (χ1n) is 10.7. The van der Waals surface area contributed by atoms with E-state index in [-0.39, 0.29) is 10.8 Å². The molecule has 190 valence electrons. The maximum absolute atomic E-state index is 12.8. The summed E-state index contributed by atoms with van der Waals surface area (Å²) in [4.78, 5) is 23.5. The van der Waals surface area contributed by atoms with Crippen LogP contribution in [0.4, 0.5) is 5.69 Å². The van der Waals surface area contributed by atoms with Gasteiger partial charge in [0.25, 0.3) is 5.91 Å². The van der Waals surface area contributed by atoms with E-state index in [4.69, 9.17) is 23.2 Å². The highest BCUT2D eigenvalue weighted by molar-refractivity contribution is 7.89. The molecule has 0 aliphatic carbocycles. The predicted octanol–water partition coefficient (Wildman–Crippen LogP) is 4.13. The van der Waals surface area contributed by atoms with Crippen LogP contribution in [0.1, 0.15) is 23.9 Å². The number of halogens is 2. The standard InChI is InChI=1S/C24H25Cl2N5O4S/c1-15-11-18(16(2)31(15)23-12-19(25)5-10-22(23)26)13-27-29-24(33)14-30(4)36(34,35)21-8-6-20(7-9-21)28-17(3)32/h5-13H,14H2,1-4H3,(H,28,32)(H,29,33)/b27-13+. The van der Waals surface area contributed by atoms with Crippen molar-refractivity contribution in [3.8, 4) is 5.69 Å². The lowest BCUT2D eigenvalue weighted by molar-refractivity contribution is -0.121. The number of rotatable bonds is 8. The molecule has 36 heavy (non-hydrogen) atoms. The van der Waals surface area contributed by atoms with Crippen molar-refractivity contribution in [3.63, 3.8) is 0 Å². The van der Waals surface area contributed by atoms with Gasteiger partial charge in [0.05, 0.1) is 28.4 Å². The number of hydrogen-bond donors (Lipinski definition) is 2. The van der Waals surface area contributed by atoms with Gasteiger partial charge in [0.2, 0.25) is 15.9 Å². The van der Waals surface area contributed by atoms with Crippen molar-refractivity contribution in [1.82, 2.24) is 14.3 Å². The van der Waals surface area contributed by atoms with E-state index in [2.05, 4.69) is 15.8 Å². The van der Waals surface area contributed by atoms with Crippen molar-refractivity contribution < 1.29 is 18.0 Å². The number of aryl methyl sites for hydroxylation is 1. The summed E-state index contributed by atoms with van der Waals surface area (Å²) in [5.41, 5.74) is 6.00. The molecule has 1 aromatic heterocycles. The molecule has 0 radical (unpaired) electrons. The number of anilines is 1. The van der Waals surface area contributed by atoms with Crippen molar-refractivity contribution >= 4 is 56.9 Å². The van der Waals surface area contributed by atoms with E-state index in [1.807, 2.05) is 24.5 Å². The zero-order chi connectivity index (χ0) is 26.6. The van der Waals surface area contributed by atoms with Crippen LogP contribution in [0.15, 0.2) is 58.5 Å². The molecule has 3 rings (SSSR count). The molecule has 0 bridgehead atoms. The third-order valence-electron chi connectivity index (χ3n) is 5.26. The molecule has 0 fully saturated rings. The highest BCUT2D eigenvalue weighted by Gasteiger charge is 2.23. The van der Waals surface area contributed by atoms with Gasteiger partial charge in [-0.1, -0.05) is 23.2 Å². The lowest BCUT2D eigenvalue weighted by atomic mass is 10.2. The molecular formula is C24H25Cl2N5O4S. The molecule has 2 N–H and O–H groups in total. The summed E-state index contributed by atoms with van der Waals surface area (Å²) in [5.74, 6) is -0.881. The second-order valence-corrected chi connectivity index (χ2v) is 10.9. The summed E-state index contributed by atoms with van der Waals surface area (Å²) < 4.78 is 28.4. The minimum Gasteiger partial charge on any atom is -0.326 e. The second kappa shape index (κ2) is 11.3. The maximum Gasteiger partial charge on any atom is 0.255 e. The Balaban J connectivity index is 1.67. The van der Waals surface area contributed by atoms with Gasteiger partial charge in [-0.2, -0.15) is 9.41 Å². The van der Waals surface area contributed by atoms with Crippen LogP contribution in [-0.4, -0.2) is 48.9 Å². The number of aromatic nitrogens is 1. The van der Waals surface area contributed by atoms with Crippen molar-refractivity contribution in [2.24, 2.45) is 5.10 Å². The second-order valence-electron chi connectivity index (χ2n) is 8.02. The van der Waals surface area contributed by atoms with Crippen LogP contribution < -0.4 is 10.7 Å². The molecular weight excluding hydrogens is 525 g/mol. The molecule has 12 heteroatoms. The van der Waals surface area contributed by atoms with E-state index in [1.54, 1.807) is 18.2 Å². The van der Waals surface area contributed by atoms with Crippen LogP contribution in [0.25, 0.3) is 5.69 Å². The van der Waals surface area contributed by atoms with Crippen molar-refractivity contribution in [2.75, 3.05) is 18.9 Å². The van der Waals surface area contributed by atoms with E-state index < -0.39 is 22.5 Å². The quantitative estimate of drug-likeness (QED) is 0.324. The van der Waals surface area contributed by atoms with Crippen molar-refractivity contribution in [3.05, 3.63) is 75.5 Å². The van der Waals surface area contributed by atoms with Crippen LogP contribution in [0.2, 0.25) is 10.0 Å². The third-order valence-corrected chi connectivity index (χ3v) is 7.63. The van der Waals surface area contributed by atoms with E-state index in [0.29, 0.717) is 15.7 Å². The molecule has 0 spiro atoms. The topological polar surface area (TPSA) is 113 Å². The van der Waals surface area contributed by atoms with Crippen LogP contribution in [0.3, 0.4) is 0 Å². The third kappa shape index (κ3) is 6.33. The molecule has 0 unspecified atom stereocenters. The lowest BCUT2D eigenvalue weighted by Crippen LogP contribution is -2.36. The Labute approximate surface area is 219 Å². The minimum absolute atomic E-state index is 0.0116. The first-order valence-corrected chi connectivity index (χ1v) is 12.9. The van der Waals surface area contributed by atoms with Gasteiger partial charge in [-0.05, 0) is 62.4 Å². The van der Waals surface area contributed by atoms with Gasteiger partial charge in [-0.3, -0.25) is 9.59 Å². The fraction of sp³-hybridized carbons (Fsp3) is 0.208. The normalized spacial score (nSPS) is 11.8. The summed E-state index contributed by atoms with van der Waals surface area (Å²) in [6, 6.07) is 12.7. The van der Waals surface area contributed by atoms with Gasteiger partial charge in [-0.25, -0.2) is 13.8 Å². The monoisotopic (exact) mass is 549 g/mol. The number of likely N-dealkylation sites (N-methyl/N-ethyl adjacent to an activating group) is 1. The molecule has 0 saturated carbocycles. The number of carbonyl (C=O) groups excluding carboxylic acids is 2. The van der Waals surface area contributed by atoms with Crippen LogP contribution in [-0.2, 0) is 19.6 Å². The minimum atomic E-state index is -3.92. The maximum atomic E-state index is 12.8. The summed E-state index contributed by atoms with van der Waals surface area (Å²) in [6.45, 7) is 4.70. The Morgan fingerprint density at radius 3 is 2.39 bits per heavy atom. The zero-order valence-corrected chi connectivity index (χ0v) is 22.4. The number of hydrogen-bond acceptors (Lipinski definition) is 5. The fourth-order valence-corrected chi connectivity index (χ4v) is 5.03. The molecule has 3 aromatic rings. The number of carbonyl (C=O) groups is 2. The molecule has 0 aliphatic rings. The molecule has 1 heterocycles. The number of hydrazone groups is 1. The molecule has 2 aromatic carbocycles. The number of nitrogens with zero attached hydrogens (tertiary/aromatic N) is 3. The Hall–Kier alpha value is -3.18. The smallest absolute Gasteiger partial charge is 0.255 e. The first kappa shape index (κ1) is 27.4. The SMILES string of the molecule is CC(=O)Nc1ccc(S(=O)(=O)N(C)CC(=O)N/N=C/c2cc(C)n(-c3cc(Cl)ccc3Cl)c2C)cc1. The molecule has 2 amide bonds. The zero-order valence-electron chi connectivity index (χ0n) is 20.0. The summed E-state index contributed by atoms with van der Waals surface area (Å²) in [5, 5.41) is 7.62. The van der Waals surface area contributed by atoms with Gasteiger partial charge in [0, 0.05) is 41.6 Å². The lowest BCUT2D eigenvalue weighted by Gasteiger charge is -2.16. The Morgan fingerprint density at radius 2 is 1.75 bits per heavy atom. The van der Waals surface area contributed by atoms with Gasteiger partial charge < -0.3 is 9.88 Å². The number of amides is 2. The fourth-order valence-electron chi connectivity index (χ4n) is 3.54. The Bertz CT molecular complexity index is 1430. The average molecular weight is 550 g/mol.